The highest BCUT2D eigenvalue weighted by molar-refractivity contribution is 7.98. The summed E-state index contributed by atoms with van der Waals surface area (Å²) >= 11 is 1.46. The van der Waals surface area contributed by atoms with E-state index in [2.05, 4.69) is 22.2 Å². The van der Waals surface area contributed by atoms with Crippen molar-refractivity contribution in [3.8, 4) is 0 Å². The molecule has 1 saturated heterocycles. The lowest BCUT2D eigenvalue weighted by Crippen LogP contribution is -2.44. The first-order chi connectivity index (χ1) is 12.6. The van der Waals surface area contributed by atoms with Gasteiger partial charge in [-0.3, -0.25) is 14.4 Å². The second kappa shape index (κ2) is 9.96. The highest BCUT2D eigenvalue weighted by Crippen LogP contribution is 2.22. The van der Waals surface area contributed by atoms with E-state index < -0.39 is 11.8 Å². The molecule has 0 saturated carbocycles. The van der Waals surface area contributed by atoms with E-state index in [4.69, 9.17) is 0 Å². The van der Waals surface area contributed by atoms with Crippen LogP contribution >= 0.6 is 11.8 Å². The first kappa shape index (κ1) is 20.0. The van der Waals surface area contributed by atoms with Crippen molar-refractivity contribution in [2.75, 3.05) is 32.4 Å². The number of aromatic nitrogens is 1. The molecule has 1 fully saturated rings. The molecule has 1 aliphatic heterocycles. The Morgan fingerprint density at radius 1 is 1.31 bits per heavy atom. The maximum Gasteiger partial charge on any atom is 0.309 e. The minimum atomic E-state index is -0.654. The Labute approximate surface area is 157 Å². The molecular formula is C18H24N4O3S. The van der Waals surface area contributed by atoms with E-state index in [-0.39, 0.29) is 18.4 Å². The smallest absolute Gasteiger partial charge is 0.309 e. The van der Waals surface area contributed by atoms with Crippen LogP contribution in [-0.2, 0) is 9.59 Å². The summed E-state index contributed by atoms with van der Waals surface area (Å²) in [7, 11) is 0. The molecule has 1 aromatic heterocycles. The number of pyridine rings is 1. The summed E-state index contributed by atoms with van der Waals surface area (Å²) in [5.74, 6) is -1.04. The number of hydrogen-bond donors (Lipinski definition) is 2. The van der Waals surface area contributed by atoms with E-state index in [1.165, 1.54) is 17.8 Å². The van der Waals surface area contributed by atoms with Gasteiger partial charge < -0.3 is 15.5 Å². The number of likely N-dealkylation sites (tertiary alicyclic amines) is 1. The molecule has 0 aromatic carbocycles. The van der Waals surface area contributed by atoms with Crippen molar-refractivity contribution in [3.05, 3.63) is 36.5 Å². The molecule has 1 aliphatic rings. The zero-order valence-electron chi connectivity index (χ0n) is 14.9. The van der Waals surface area contributed by atoms with Crippen LogP contribution in [0.1, 0.15) is 23.2 Å². The van der Waals surface area contributed by atoms with Gasteiger partial charge in [0.1, 0.15) is 5.03 Å². The summed E-state index contributed by atoms with van der Waals surface area (Å²) in [6.45, 7) is 5.44. The molecule has 1 aromatic rings. The van der Waals surface area contributed by atoms with Crippen LogP contribution in [0, 0.1) is 5.92 Å². The van der Waals surface area contributed by atoms with E-state index >= 15 is 0 Å². The zero-order chi connectivity index (χ0) is 18.9. The number of hydrogen-bond acceptors (Lipinski definition) is 5. The van der Waals surface area contributed by atoms with Gasteiger partial charge in [-0.25, -0.2) is 4.98 Å². The van der Waals surface area contributed by atoms with E-state index in [0.717, 1.165) is 17.9 Å². The van der Waals surface area contributed by atoms with E-state index in [9.17, 15) is 14.4 Å². The molecule has 0 atom stereocenters. The average Bonchev–Trinajstić information content (AvgIpc) is 2.69. The van der Waals surface area contributed by atoms with Crippen molar-refractivity contribution in [2.45, 2.75) is 17.9 Å². The molecule has 2 N–H and O–H groups in total. The van der Waals surface area contributed by atoms with Gasteiger partial charge in [0, 0.05) is 32.4 Å². The minimum Gasteiger partial charge on any atom is -0.348 e. The summed E-state index contributed by atoms with van der Waals surface area (Å²) in [6.07, 6.45) is 6.68. The second-order valence-electron chi connectivity index (χ2n) is 6.00. The van der Waals surface area contributed by atoms with Crippen LogP contribution in [0.4, 0.5) is 0 Å². The predicted octanol–water partition coefficient (Wildman–Crippen LogP) is 1.07. The fourth-order valence-electron chi connectivity index (χ4n) is 2.79. The molecule has 140 valence electrons. The van der Waals surface area contributed by atoms with Crippen LogP contribution < -0.4 is 10.6 Å². The monoisotopic (exact) mass is 376 g/mol. The molecule has 0 radical (unpaired) electrons. The van der Waals surface area contributed by atoms with Crippen LogP contribution in [0.15, 0.2) is 36.0 Å². The van der Waals surface area contributed by atoms with Gasteiger partial charge in [-0.05, 0) is 37.1 Å². The normalized spacial score (nSPS) is 14.6. The van der Waals surface area contributed by atoms with Crippen LogP contribution in [0.25, 0.3) is 0 Å². The molecule has 0 unspecified atom stereocenters. The number of thioether (sulfide) groups is 1. The lowest BCUT2D eigenvalue weighted by molar-refractivity contribution is -0.139. The van der Waals surface area contributed by atoms with Crippen molar-refractivity contribution in [3.63, 3.8) is 0 Å². The highest BCUT2D eigenvalue weighted by atomic mass is 32.2. The van der Waals surface area contributed by atoms with Crippen molar-refractivity contribution in [1.29, 1.82) is 0 Å². The van der Waals surface area contributed by atoms with Crippen molar-refractivity contribution in [1.82, 2.24) is 20.5 Å². The van der Waals surface area contributed by atoms with E-state index in [1.807, 2.05) is 11.2 Å². The quantitative estimate of drug-likeness (QED) is 0.440. The Hall–Kier alpha value is -2.35. The first-order valence-electron chi connectivity index (χ1n) is 8.52. The molecule has 0 aliphatic carbocycles. The Bertz CT molecular complexity index is 672. The maximum absolute atomic E-state index is 12.7. The van der Waals surface area contributed by atoms with Crippen LogP contribution in [0.5, 0.6) is 0 Å². The Morgan fingerprint density at radius 3 is 2.65 bits per heavy atom. The van der Waals surface area contributed by atoms with Crippen molar-refractivity contribution in [2.24, 2.45) is 5.92 Å². The van der Waals surface area contributed by atoms with Gasteiger partial charge in [-0.2, -0.15) is 0 Å². The maximum atomic E-state index is 12.7. The van der Waals surface area contributed by atoms with Gasteiger partial charge >= 0.3 is 11.8 Å². The topological polar surface area (TPSA) is 91.4 Å². The summed E-state index contributed by atoms with van der Waals surface area (Å²) in [4.78, 5) is 41.9. The minimum absolute atomic E-state index is 0.00580. The zero-order valence-corrected chi connectivity index (χ0v) is 15.7. The largest absolute Gasteiger partial charge is 0.348 e. The first-order valence-corrected chi connectivity index (χ1v) is 9.74. The van der Waals surface area contributed by atoms with Gasteiger partial charge in [0.15, 0.2) is 0 Å². The molecule has 0 bridgehead atoms. The molecule has 3 amide bonds. The summed E-state index contributed by atoms with van der Waals surface area (Å²) in [6, 6.07) is 3.57. The fraction of sp³-hybridized carbons (Fsp3) is 0.444. The van der Waals surface area contributed by atoms with Gasteiger partial charge in [0.25, 0.3) is 5.91 Å². The standard InChI is InChI=1S/C18H24N4O3S/c1-3-8-19-15(23)16(24)21-12-13-6-10-22(11-7-13)18(25)14-5-4-9-20-17(14)26-2/h3-5,9,13H,1,6-8,10-12H2,2H3,(H,19,23)(H,21,24). The molecule has 7 nitrogen and oxygen atoms in total. The van der Waals surface area contributed by atoms with Crippen LogP contribution in [0.3, 0.4) is 0 Å². The number of rotatable bonds is 6. The van der Waals surface area contributed by atoms with Gasteiger partial charge in [-0.15, -0.1) is 18.3 Å². The Kier molecular flexibility index (Phi) is 7.65. The summed E-state index contributed by atoms with van der Waals surface area (Å²) in [5.41, 5.74) is 0.630. The number of amides is 3. The molecular weight excluding hydrogens is 352 g/mol. The molecule has 26 heavy (non-hydrogen) atoms. The second-order valence-corrected chi connectivity index (χ2v) is 6.80. The van der Waals surface area contributed by atoms with Gasteiger partial charge in [0.2, 0.25) is 0 Å². The fourth-order valence-corrected chi connectivity index (χ4v) is 3.33. The van der Waals surface area contributed by atoms with E-state index in [0.29, 0.717) is 25.2 Å². The Balaban J connectivity index is 1.80. The van der Waals surface area contributed by atoms with E-state index in [1.54, 1.807) is 18.3 Å². The summed E-state index contributed by atoms with van der Waals surface area (Å²) < 4.78 is 0. The molecule has 2 rings (SSSR count). The van der Waals surface area contributed by atoms with Crippen molar-refractivity contribution < 1.29 is 14.4 Å². The Morgan fingerprint density at radius 2 is 2.00 bits per heavy atom. The molecule has 8 heteroatoms. The number of nitrogens with zero attached hydrogens (tertiary/aromatic N) is 2. The summed E-state index contributed by atoms with van der Waals surface area (Å²) in [5, 5.41) is 5.83. The average molecular weight is 376 g/mol. The van der Waals surface area contributed by atoms with Crippen LogP contribution in [0.2, 0.25) is 0 Å². The SMILES string of the molecule is C=CCNC(=O)C(=O)NCC1CCN(C(=O)c2cccnc2SC)CC1. The van der Waals surface area contributed by atoms with Crippen LogP contribution in [-0.4, -0.2) is 60.0 Å². The molecule has 0 spiro atoms. The number of nitrogens with one attached hydrogen (secondary N) is 2. The number of carbonyl (C=O) groups excluding carboxylic acids is 3. The third kappa shape index (κ3) is 5.32. The van der Waals surface area contributed by atoms with Crippen molar-refractivity contribution >= 4 is 29.5 Å². The van der Waals surface area contributed by atoms with Gasteiger partial charge in [-0.1, -0.05) is 6.08 Å². The van der Waals surface area contributed by atoms with Gasteiger partial charge in [0.05, 0.1) is 5.56 Å². The third-order valence-corrected chi connectivity index (χ3v) is 4.97. The third-order valence-electron chi connectivity index (χ3n) is 4.26. The number of piperidine rings is 1. The highest BCUT2D eigenvalue weighted by Gasteiger charge is 2.26. The predicted molar refractivity (Wildman–Crippen MR) is 101 cm³/mol. The lowest BCUT2D eigenvalue weighted by Gasteiger charge is -2.32. The number of carbonyl (C=O) groups is 3. The lowest BCUT2D eigenvalue weighted by atomic mass is 9.96. The molecule has 2 heterocycles.